The lowest BCUT2D eigenvalue weighted by Crippen LogP contribution is -2.40. The van der Waals surface area contributed by atoms with E-state index in [-0.39, 0.29) is 24.5 Å². The van der Waals surface area contributed by atoms with Crippen LogP contribution in [0.25, 0.3) is 6.08 Å². The third-order valence-electron chi connectivity index (χ3n) is 7.23. The first-order valence-electron chi connectivity index (χ1n) is 14.3. The van der Waals surface area contributed by atoms with Crippen LogP contribution in [0.5, 0.6) is 11.5 Å². The third kappa shape index (κ3) is 6.72. The van der Waals surface area contributed by atoms with Crippen molar-refractivity contribution in [2.75, 3.05) is 13.2 Å². The van der Waals surface area contributed by atoms with Crippen molar-refractivity contribution in [3.8, 4) is 11.5 Å². The topological polar surface area (TPSA) is 122 Å². The van der Waals surface area contributed by atoms with Crippen molar-refractivity contribution in [2.24, 2.45) is 4.99 Å². The number of nitrogens with zero attached hydrogens (tertiary/aromatic N) is 3. The zero-order chi connectivity index (χ0) is 33.1. The number of hydrogen-bond acceptors (Lipinski definition) is 9. The number of allylic oxidation sites excluding steroid dienone is 1. The molecule has 13 heteroatoms. The van der Waals surface area contributed by atoms with Gasteiger partial charge >= 0.3 is 5.97 Å². The quantitative estimate of drug-likeness (QED) is 0.109. The van der Waals surface area contributed by atoms with Crippen LogP contribution >= 0.6 is 34.5 Å². The Bertz CT molecular complexity index is 2070. The van der Waals surface area contributed by atoms with Crippen molar-refractivity contribution < 1.29 is 23.9 Å². The zero-order valence-electron chi connectivity index (χ0n) is 25.3. The average molecular weight is 683 g/mol. The summed E-state index contributed by atoms with van der Waals surface area (Å²) in [5.74, 6) is 0.310. The highest BCUT2D eigenvalue weighted by molar-refractivity contribution is 7.07. The lowest BCUT2D eigenvalue weighted by atomic mass is 9.94. The molecule has 0 amide bonds. The van der Waals surface area contributed by atoms with Crippen molar-refractivity contribution in [1.82, 2.24) is 4.57 Å². The van der Waals surface area contributed by atoms with E-state index in [1.54, 1.807) is 75.4 Å². The second kappa shape index (κ2) is 13.9. The minimum Gasteiger partial charge on any atom is -0.490 e. The van der Waals surface area contributed by atoms with E-state index < -0.39 is 22.5 Å². The molecule has 4 aromatic rings. The van der Waals surface area contributed by atoms with E-state index in [1.165, 1.54) is 10.6 Å². The van der Waals surface area contributed by atoms with Crippen LogP contribution in [-0.2, 0) is 16.1 Å². The van der Waals surface area contributed by atoms with E-state index in [1.807, 2.05) is 6.92 Å². The molecule has 0 bridgehead atoms. The summed E-state index contributed by atoms with van der Waals surface area (Å²) in [5.41, 5.74) is 2.22. The van der Waals surface area contributed by atoms with Gasteiger partial charge in [0.2, 0.25) is 0 Å². The van der Waals surface area contributed by atoms with Gasteiger partial charge in [-0.05, 0) is 69.2 Å². The van der Waals surface area contributed by atoms with Crippen LogP contribution < -0.4 is 24.4 Å². The molecule has 0 unspecified atom stereocenters. The Kier molecular flexibility index (Phi) is 9.95. The molecule has 1 aliphatic rings. The summed E-state index contributed by atoms with van der Waals surface area (Å²) in [4.78, 5) is 43.4. The Balaban J connectivity index is 1.58. The Labute approximate surface area is 277 Å². The smallest absolute Gasteiger partial charge is 0.338 e. The van der Waals surface area contributed by atoms with Crippen molar-refractivity contribution in [3.63, 3.8) is 0 Å². The molecule has 1 aliphatic heterocycles. The molecule has 238 valence electrons. The van der Waals surface area contributed by atoms with Gasteiger partial charge in [0.15, 0.2) is 16.3 Å². The van der Waals surface area contributed by atoms with E-state index in [2.05, 4.69) is 4.99 Å². The largest absolute Gasteiger partial charge is 0.490 e. The number of carbonyl (C=O) groups is 1. The number of aryl methyl sites for hydroxylation is 1. The molecule has 0 aliphatic carbocycles. The van der Waals surface area contributed by atoms with E-state index >= 15 is 0 Å². The molecule has 0 fully saturated rings. The van der Waals surface area contributed by atoms with Gasteiger partial charge < -0.3 is 14.2 Å². The zero-order valence-corrected chi connectivity index (χ0v) is 27.7. The highest BCUT2D eigenvalue weighted by atomic mass is 35.5. The molecule has 10 nitrogen and oxygen atoms in total. The van der Waals surface area contributed by atoms with E-state index in [0.29, 0.717) is 59.9 Å². The number of halogens is 2. The summed E-state index contributed by atoms with van der Waals surface area (Å²) in [5, 5.41) is 12.8. The molecule has 5 rings (SSSR count). The number of nitro benzene ring substituents is 1. The van der Waals surface area contributed by atoms with E-state index in [0.717, 1.165) is 16.9 Å². The number of hydrogen-bond donors (Lipinski definition) is 0. The molecule has 0 radical (unpaired) electrons. The number of nitro groups is 1. The van der Waals surface area contributed by atoms with Crippen molar-refractivity contribution in [1.29, 1.82) is 0 Å². The van der Waals surface area contributed by atoms with E-state index in [9.17, 15) is 19.7 Å². The van der Waals surface area contributed by atoms with Gasteiger partial charge in [-0.25, -0.2) is 9.79 Å². The fraction of sp³-hybridized carbons (Fsp3) is 0.242. The molecule has 1 atom stereocenters. The van der Waals surface area contributed by atoms with Crippen molar-refractivity contribution >= 4 is 52.3 Å². The van der Waals surface area contributed by atoms with Crippen LogP contribution in [0.4, 0.5) is 5.69 Å². The van der Waals surface area contributed by atoms with Crippen LogP contribution in [0.15, 0.2) is 75.7 Å². The SMILES string of the molecule is CCOC(=O)C1=C(C)N=c2s/c(=C/c3ccc(OCc4ccc(Cl)cc4Cl)c(OCC)c3)c(=O)n2[C@H]1c1ccc(C)c([N+](=O)[O-])c1. The molecule has 3 aromatic carbocycles. The standard InChI is InChI=1S/C33H29Cl2N3O7S/c1-5-43-27-13-20(8-12-26(27)45-17-22-10-11-23(34)16-24(22)35)14-28-31(39)37-30(21-9-7-18(3)25(15-21)38(41)42)29(32(40)44-6-2)19(4)36-33(37)46-28/h7-16,30H,5-6,17H2,1-4H3/b28-14+/t30-/m0/s1. The van der Waals surface area contributed by atoms with Crippen LogP contribution in [0.1, 0.15) is 49.1 Å². The third-order valence-corrected chi connectivity index (χ3v) is 8.80. The van der Waals surface area contributed by atoms with Gasteiger partial charge in [0.1, 0.15) is 6.61 Å². The van der Waals surface area contributed by atoms with Crippen LogP contribution in [0.3, 0.4) is 0 Å². The lowest BCUT2D eigenvalue weighted by Gasteiger charge is -2.24. The van der Waals surface area contributed by atoms with Gasteiger partial charge in [-0.3, -0.25) is 19.5 Å². The first-order chi connectivity index (χ1) is 22.0. The summed E-state index contributed by atoms with van der Waals surface area (Å²) in [6.07, 6.45) is 1.70. The molecule has 1 aromatic heterocycles. The molecule has 0 saturated carbocycles. The summed E-state index contributed by atoms with van der Waals surface area (Å²) >= 11 is 13.5. The average Bonchev–Trinajstić information content (AvgIpc) is 3.31. The maximum Gasteiger partial charge on any atom is 0.338 e. The summed E-state index contributed by atoms with van der Waals surface area (Å²) < 4.78 is 18.9. The number of ether oxygens (including phenoxy) is 3. The minimum atomic E-state index is -0.980. The normalized spacial score (nSPS) is 14.5. The number of fused-ring (bicyclic) bond motifs is 1. The van der Waals surface area contributed by atoms with Gasteiger partial charge in [-0.15, -0.1) is 0 Å². The van der Waals surface area contributed by atoms with Gasteiger partial charge in [-0.1, -0.05) is 58.8 Å². The monoisotopic (exact) mass is 681 g/mol. The van der Waals surface area contributed by atoms with Gasteiger partial charge in [0, 0.05) is 27.2 Å². The maximum atomic E-state index is 14.0. The Morgan fingerprint density at radius 3 is 2.52 bits per heavy atom. The number of aromatic nitrogens is 1. The fourth-order valence-electron chi connectivity index (χ4n) is 5.05. The van der Waals surface area contributed by atoms with Crippen molar-refractivity contribution in [3.05, 3.63) is 128 Å². The fourth-order valence-corrected chi connectivity index (χ4v) is 6.56. The van der Waals surface area contributed by atoms with E-state index in [4.69, 9.17) is 37.4 Å². The predicted octanol–water partition coefficient (Wildman–Crippen LogP) is 6.30. The summed E-state index contributed by atoms with van der Waals surface area (Å²) in [6.45, 7) is 7.48. The highest BCUT2D eigenvalue weighted by Gasteiger charge is 2.34. The summed E-state index contributed by atoms with van der Waals surface area (Å²) in [7, 11) is 0. The number of esters is 1. The molecule has 0 spiro atoms. The molecular formula is C33H29Cl2N3O7S. The van der Waals surface area contributed by atoms with Gasteiger partial charge in [-0.2, -0.15) is 0 Å². The molecule has 2 heterocycles. The molecule has 0 N–H and O–H groups in total. The lowest BCUT2D eigenvalue weighted by molar-refractivity contribution is -0.385. The molecule has 46 heavy (non-hydrogen) atoms. The number of thiazole rings is 1. The summed E-state index contributed by atoms with van der Waals surface area (Å²) in [6, 6.07) is 14.1. The number of benzene rings is 3. The Morgan fingerprint density at radius 2 is 1.83 bits per heavy atom. The number of carbonyl (C=O) groups excluding carboxylic acids is 1. The first-order valence-corrected chi connectivity index (χ1v) is 15.9. The molecular weight excluding hydrogens is 653 g/mol. The predicted molar refractivity (Wildman–Crippen MR) is 177 cm³/mol. The Hall–Kier alpha value is -4.45. The van der Waals surface area contributed by atoms with Gasteiger partial charge in [0.25, 0.3) is 11.2 Å². The van der Waals surface area contributed by atoms with Crippen LogP contribution in [0.2, 0.25) is 10.0 Å². The first kappa shape index (κ1) is 32.9. The van der Waals surface area contributed by atoms with Crippen molar-refractivity contribution in [2.45, 2.75) is 40.3 Å². The van der Waals surface area contributed by atoms with Gasteiger partial charge in [0.05, 0.1) is 40.0 Å². The number of rotatable bonds is 10. The second-order valence-corrected chi connectivity index (χ2v) is 12.1. The maximum absolute atomic E-state index is 14.0. The molecule has 0 saturated heterocycles. The van der Waals surface area contributed by atoms with Crippen LogP contribution in [-0.4, -0.2) is 28.7 Å². The Morgan fingerprint density at radius 1 is 1.04 bits per heavy atom. The van der Waals surface area contributed by atoms with Crippen LogP contribution in [0, 0.1) is 17.0 Å². The minimum absolute atomic E-state index is 0.107. The second-order valence-electron chi connectivity index (χ2n) is 10.3. The highest BCUT2D eigenvalue weighted by Crippen LogP contribution is 2.34.